The van der Waals surface area contributed by atoms with E-state index >= 15 is 0 Å². The highest BCUT2D eigenvalue weighted by molar-refractivity contribution is 5.80. The summed E-state index contributed by atoms with van der Waals surface area (Å²) < 4.78 is 18.5. The van der Waals surface area contributed by atoms with E-state index < -0.39 is 0 Å². The molecule has 0 fully saturated rings. The van der Waals surface area contributed by atoms with E-state index in [0.717, 1.165) is 5.56 Å². The van der Waals surface area contributed by atoms with Crippen LogP contribution >= 0.6 is 0 Å². The number of hydrogen-bond acceptors (Lipinski definition) is 3. The van der Waals surface area contributed by atoms with E-state index in [4.69, 9.17) is 4.74 Å². The van der Waals surface area contributed by atoms with Crippen molar-refractivity contribution in [1.29, 1.82) is 0 Å². The van der Waals surface area contributed by atoms with Gasteiger partial charge in [0.25, 0.3) is 0 Å². The Morgan fingerprint density at radius 3 is 2.68 bits per heavy atom. The van der Waals surface area contributed by atoms with Crippen LogP contribution in [-0.4, -0.2) is 37.6 Å². The molecular formula is C14H21FN2O2. The highest BCUT2D eigenvalue weighted by Gasteiger charge is 2.19. The van der Waals surface area contributed by atoms with Gasteiger partial charge in [-0.15, -0.1) is 0 Å². The predicted molar refractivity (Wildman–Crippen MR) is 72.6 cm³/mol. The summed E-state index contributed by atoms with van der Waals surface area (Å²) in [6.07, 6.45) is 0. The molecule has 0 aliphatic carbocycles. The number of rotatable bonds is 6. The van der Waals surface area contributed by atoms with E-state index in [1.54, 1.807) is 19.2 Å². The Balaban J connectivity index is 2.81. The molecule has 0 unspecified atom stereocenters. The van der Waals surface area contributed by atoms with Gasteiger partial charge in [-0.1, -0.05) is 13.0 Å². The molecule has 0 bridgehead atoms. The van der Waals surface area contributed by atoms with E-state index in [1.165, 1.54) is 13.2 Å². The van der Waals surface area contributed by atoms with Crippen LogP contribution in [0.4, 0.5) is 4.39 Å². The minimum Gasteiger partial charge on any atom is -0.494 e. The van der Waals surface area contributed by atoms with Gasteiger partial charge in [0.2, 0.25) is 5.91 Å². The van der Waals surface area contributed by atoms with Crippen molar-refractivity contribution < 1.29 is 13.9 Å². The van der Waals surface area contributed by atoms with Crippen molar-refractivity contribution in [3.8, 4) is 5.75 Å². The molecule has 0 radical (unpaired) electrons. The van der Waals surface area contributed by atoms with Crippen molar-refractivity contribution in [1.82, 2.24) is 10.2 Å². The smallest absolute Gasteiger partial charge is 0.236 e. The molecule has 1 aromatic carbocycles. The number of nitrogens with one attached hydrogen (secondary N) is 1. The third-order valence-electron chi connectivity index (χ3n) is 3.18. The van der Waals surface area contributed by atoms with E-state index in [-0.39, 0.29) is 23.5 Å². The second kappa shape index (κ2) is 7.09. The molecule has 1 amide bonds. The molecule has 0 aromatic heterocycles. The molecule has 1 aromatic rings. The molecule has 106 valence electrons. The number of methoxy groups -OCH3 is 1. The minimum atomic E-state index is -0.386. The normalized spacial score (nSPS) is 12.3. The molecule has 1 N–H and O–H groups in total. The first-order valence-corrected chi connectivity index (χ1v) is 6.31. The first-order chi connectivity index (χ1) is 9.03. The molecule has 0 saturated heterocycles. The maximum absolute atomic E-state index is 13.6. The molecule has 0 heterocycles. The summed E-state index contributed by atoms with van der Waals surface area (Å²) in [4.78, 5) is 13.6. The zero-order chi connectivity index (χ0) is 14.4. The molecule has 0 saturated carbocycles. The largest absolute Gasteiger partial charge is 0.494 e. The van der Waals surface area contributed by atoms with Gasteiger partial charge in [-0.25, -0.2) is 4.39 Å². The molecule has 5 heteroatoms. The molecule has 0 spiro atoms. The third-order valence-corrected chi connectivity index (χ3v) is 3.18. The monoisotopic (exact) mass is 268 g/mol. The first kappa shape index (κ1) is 15.4. The van der Waals surface area contributed by atoms with Crippen molar-refractivity contribution in [2.24, 2.45) is 0 Å². The number of nitrogens with zero attached hydrogens (tertiary/aromatic N) is 1. The number of carbonyl (C=O) groups excluding carboxylic acids is 1. The van der Waals surface area contributed by atoms with Crippen LogP contribution in [0, 0.1) is 5.82 Å². The second-order valence-electron chi connectivity index (χ2n) is 4.32. The summed E-state index contributed by atoms with van der Waals surface area (Å²) in [6.45, 7) is 5.04. The summed E-state index contributed by atoms with van der Waals surface area (Å²) in [7, 11) is 3.05. The van der Waals surface area contributed by atoms with Gasteiger partial charge in [-0.2, -0.15) is 0 Å². The average Bonchev–Trinajstić information content (AvgIpc) is 2.43. The zero-order valence-electron chi connectivity index (χ0n) is 11.9. The van der Waals surface area contributed by atoms with Gasteiger partial charge >= 0.3 is 0 Å². The van der Waals surface area contributed by atoms with Gasteiger partial charge in [0.15, 0.2) is 11.6 Å². The van der Waals surface area contributed by atoms with Crippen LogP contribution < -0.4 is 10.1 Å². The van der Waals surface area contributed by atoms with Crippen molar-refractivity contribution in [3.05, 3.63) is 29.6 Å². The van der Waals surface area contributed by atoms with E-state index in [1.807, 2.05) is 18.7 Å². The summed E-state index contributed by atoms with van der Waals surface area (Å²) in [5.41, 5.74) is 0.816. The lowest BCUT2D eigenvalue weighted by molar-refractivity contribution is -0.125. The minimum absolute atomic E-state index is 0.0455. The van der Waals surface area contributed by atoms with Gasteiger partial charge in [0.05, 0.1) is 13.2 Å². The predicted octanol–water partition coefficient (Wildman–Crippen LogP) is 1.79. The first-order valence-electron chi connectivity index (χ1n) is 6.31. The number of hydrogen-bond donors (Lipinski definition) is 1. The van der Waals surface area contributed by atoms with Crippen LogP contribution in [-0.2, 0) is 11.3 Å². The summed E-state index contributed by atoms with van der Waals surface area (Å²) in [6, 6.07) is 4.60. The molecular weight excluding hydrogens is 247 g/mol. The summed E-state index contributed by atoms with van der Waals surface area (Å²) in [5.74, 6) is -0.203. The lowest BCUT2D eigenvalue weighted by Gasteiger charge is -2.26. The molecule has 19 heavy (non-hydrogen) atoms. The fourth-order valence-electron chi connectivity index (χ4n) is 1.94. The van der Waals surface area contributed by atoms with Gasteiger partial charge in [-0.05, 0) is 31.2 Å². The van der Waals surface area contributed by atoms with Crippen LogP contribution in [0.1, 0.15) is 19.4 Å². The van der Waals surface area contributed by atoms with Crippen LogP contribution in [0.25, 0.3) is 0 Å². The van der Waals surface area contributed by atoms with Crippen molar-refractivity contribution in [3.63, 3.8) is 0 Å². The topological polar surface area (TPSA) is 41.6 Å². The van der Waals surface area contributed by atoms with Crippen LogP contribution in [0.15, 0.2) is 18.2 Å². The second-order valence-corrected chi connectivity index (χ2v) is 4.32. The maximum Gasteiger partial charge on any atom is 0.236 e. The Bertz CT molecular complexity index is 437. The maximum atomic E-state index is 13.6. The molecule has 1 rings (SSSR count). The Hall–Kier alpha value is -1.62. The van der Waals surface area contributed by atoms with Crippen LogP contribution in [0.2, 0.25) is 0 Å². The average molecular weight is 268 g/mol. The van der Waals surface area contributed by atoms with Crippen molar-refractivity contribution >= 4 is 5.91 Å². The SMILES string of the molecule is CCN(Cc1ccc(OC)c(F)c1)[C@H](C)C(=O)NC. The van der Waals surface area contributed by atoms with E-state index in [9.17, 15) is 9.18 Å². The molecule has 0 aliphatic rings. The van der Waals surface area contributed by atoms with E-state index in [0.29, 0.717) is 13.1 Å². The lowest BCUT2D eigenvalue weighted by atomic mass is 10.1. The van der Waals surface area contributed by atoms with Crippen LogP contribution in [0.3, 0.4) is 0 Å². The Morgan fingerprint density at radius 2 is 2.21 bits per heavy atom. The van der Waals surface area contributed by atoms with Gasteiger partial charge in [0, 0.05) is 13.6 Å². The van der Waals surface area contributed by atoms with Gasteiger partial charge < -0.3 is 10.1 Å². The summed E-state index contributed by atoms with van der Waals surface area (Å²) in [5, 5.41) is 2.62. The summed E-state index contributed by atoms with van der Waals surface area (Å²) >= 11 is 0. The van der Waals surface area contributed by atoms with Crippen molar-refractivity contribution in [2.75, 3.05) is 20.7 Å². The fraction of sp³-hybridized carbons (Fsp3) is 0.500. The van der Waals surface area contributed by atoms with Gasteiger partial charge in [0.1, 0.15) is 0 Å². The Labute approximate surface area is 113 Å². The number of ether oxygens (including phenoxy) is 1. The molecule has 0 aliphatic heterocycles. The van der Waals surface area contributed by atoms with Crippen molar-refractivity contribution in [2.45, 2.75) is 26.4 Å². The number of likely N-dealkylation sites (N-methyl/N-ethyl adjacent to an activating group) is 2. The zero-order valence-corrected chi connectivity index (χ0v) is 11.9. The standard InChI is InChI=1S/C14H21FN2O2/c1-5-17(10(2)14(18)16-3)9-11-6-7-13(19-4)12(15)8-11/h6-8,10H,5,9H2,1-4H3,(H,16,18)/t10-/m1/s1. The van der Waals surface area contributed by atoms with Gasteiger partial charge in [-0.3, -0.25) is 9.69 Å². The number of benzene rings is 1. The van der Waals surface area contributed by atoms with E-state index in [2.05, 4.69) is 5.32 Å². The lowest BCUT2D eigenvalue weighted by Crippen LogP contribution is -2.43. The number of amides is 1. The highest BCUT2D eigenvalue weighted by atomic mass is 19.1. The highest BCUT2D eigenvalue weighted by Crippen LogP contribution is 2.19. The number of halogens is 1. The third kappa shape index (κ3) is 3.92. The fourth-order valence-corrected chi connectivity index (χ4v) is 1.94. The number of carbonyl (C=O) groups is 1. The van der Waals surface area contributed by atoms with Crippen LogP contribution in [0.5, 0.6) is 5.75 Å². The Morgan fingerprint density at radius 1 is 1.53 bits per heavy atom. The quantitative estimate of drug-likeness (QED) is 0.855. The molecule has 1 atom stereocenters. The Kier molecular flexibility index (Phi) is 5.76. The molecule has 4 nitrogen and oxygen atoms in total.